The van der Waals surface area contributed by atoms with Gasteiger partial charge in [-0.05, 0) is 30.2 Å². The van der Waals surface area contributed by atoms with Crippen molar-refractivity contribution in [3.8, 4) is 0 Å². The van der Waals surface area contributed by atoms with E-state index in [-0.39, 0.29) is 29.1 Å². The van der Waals surface area contributed by atoms with Crippen LogP contribution in [0.2, 0.25) is 5.02 Å². The van der Waals surface area contributed by atoms with Gasteiger partial charge < -0.3 is 9.42 Å². The highest BCUT2D eigenvalue weighted by Crippen LogP contribution is 2.33. The summed E-state index contributed by atoms with van der Waals surface area (Å²) in [5.41, 5.74) is 2.89. The molecule has 9 heteroatoms. The molecule has 1 aromatic heterocycles. The molecule has 2 heterocycles. The first kappa shape index (κ1) is 23.9. The quantitative estimate of drug-likeness (QED) is 0.353. The van der Waals surface area contributed by atoms with Crippen LogP contribution < -0.4 is 0 Å². The van der Waals surface area contributed by atoms with E-state index in [0.717, 1.165) is 11.1 Å². The van der Waals surface area contributed by atoms with Crippen molar-refractivity contribution < 1.29 is 14.2 Å². The van der Waals surface area contributed by atoms with Crippen molar-refractivity contribution in [1.82, 2.24) is 15.0 Å². The number of nitro groups is 1. The van der Waals surface area contributed by atoms with E-state index in [2.05, 4.69) is 41.2 Å². The number of benzene rings is 2. The van der Waals surface area contributed by atoms with Crippen molar-refractivity contribution in [2.24, 2.45) is 0 Å². The average molecular weight is 483 g/mol. The fourth-order valence-electron chi connectivity index (χ4n) is 4.33. The van der Waals surface area contributed by atoms with Gasteiger partial charge in [-0.15, -0.1) is 0 Å². The molecule has 1 aliphatic heterocycles. The van der Waals surface area contributed by atoms with Gasteiger partial charge in [-0.3, -0.25) is 19.8 Å². The summed E-state index contributed by atoms with van der Waals surface area (Å²) in [5, 5.41) is 16.1. The average Bonchev–Trinajstić information content (AvgIpc) is 3.28. The van der Waals surface area contributed by atoms with Gasteiger partial charge in [-0.25, -0.2) is 0 Å². The van der Waals surface area contributed by atoms with E-state index < -0.39 is 10.8 Å². The van der Waals surface area contributed by atoms with Gasteiger partial charge >= 0.3 is 5.69 Å². The van der Waals surface area contributed by atoms with Crippen LogP contribution >= 0.6 is 11.6 Å². The topological polar surface area (TPSA) is 92.7 Å². The van der Waals surface area contributed by atoms with Gasteiger partial charge in [0.15, 0.2) is 0 Å². The zero-order valence-electron chi connectivity index (χ0n) is 19.4. The third kappa shape index (κ3) is 4.83. The number of rotatable bonds is 6. The number of halogens is 1. The number of hydrogen-bond donors (Lipinski definition) is 0. The van der Waals surface area contributed by atoms with E-state index in [4.69, 9.17) is 16.1 Å². The highest BCUT2D eigenvalue weighted by molar-refractivity contribution is 6.30. The van der Waals surface area contributed by atoms with E-state index in [1.54, 1.807) is 18.7 Å². The van der Waals surface area contributed by atoms with Crippen LogP contribution in [-0.2, 0) is 0 Å². The lowest BCUT2D eigenvalue weighted by molar-refractivity contribution is -0.386. The zero-order chi connectivity index (χ0) is 24.4. The number of hydrogen-bond acceptors (Lipinski definition) is 6. The van der Waals surface area contributed by atoms with Crippen LogP contribution in [0.15, 0.2) is 53.1 Å². The third-order valence-electron chi connectivity index (χ3n) is 6.15. The highest BCUT2D eigenvalue weighted by atomic mass is 35.5. The lowest BCUT2D eigenvalue weighted by Crippen LogP contribution is -2.50. The van der Waals surface area contributed by atoms with E-state index in [1.807, 2.05) is 24.3 Å². The molecule has 0 N–H and O–H groups in total. The number of aryl methyl sites for hydroxylation is 1. The van der Waals surface area contributed by atoms with Gasteiger partial charge in [0, 0.05) is 37.1 Å². The number of amides is 1. The molecular formula is C25H27ClN4O4. The monoisotopic (exact) mass is 482 g/mol. The second-order valence-electron chi connectivity index (χ2n) is 8.85. The maximum absolute atomic E-state index is 13.1. The number of aromatic nitrogens is 1. The van der Waals surface area contributed by atoms with Gasteiger partial charge in [-0.1, -0.05) is 72.6 Å². The van der Waals surface area contributed by atoms with Crippen molar-refractivity contribution in [2.75, 3.05) is 26.2 Å². The Morgan fingerprint density at radius 1 is 1.03 bits per heavy atom. The Morgan fingerprint density at radius 3 is 2.12 bits per heavy atom. The maximum atomic E-state index is 13.1. The standard InChI is InChI=1S/C25H27ClN4O4/c1-16(2)24-23(30(32)33)21(27-34-24)25(31)29-14-12-28(13-15-29)22(18-6-4-17(3)5-7-18)19-8-10-20(26)11-9-19/h4-11,16,22H,12-15H2,1-3H3. The van der Waals surface area contributed by atoms with E-state index >= 15 is 0 Å². The van der Waals surface area contributed by atoms with E-state index in [1.165, 1.54) is 5.56 Å². The summed E-state index contributed by atoms with van der Waals surface area (Å²) in [5.74, 6) is -0.601. The first-order valence-corrected chi connectivity index (χ1v) is 11.6. The van der Waals surface area contributed by atoms with Gasteiger partial charge in [0.25, 0.3) is 5.91 Å². The van der Waals surface area contributed by atoms with Crippen LogP contribution in [0.3, 0.4) is 0 Å². The van der Waals surface area contributed by atoms with Gasteiger partial charge in [0.05, 0.1) is 11.0 Å². The Kier molecular flexibility index (Phi) is 7.00. The largest absolute Gasteiger partial charge is 0.353 e. The molecule has 0 aliphatic carbocycles. The predicted molar refractivity (Wildman–Crippen MR) is 129 cm³/mol. The SMILES string of the molecule is Cc1ccc(C(c2ccc(Cl)cc2)N2CCN(C(=O)c3noc(C(C)C)c3[N+](=O)[O-])CC2)cc1. The second kappa shape index (κ2) is 9.95. The van der Waals surface area contributed by atoms with Crippen LogP contribution in [0, 0.1) is 17.0 Å². The third-order valence-corrected chi connectivity index (χ3v) is 6.40. The van der Waals surface area contributed by atoms with Crippen LogP contribution in [-0.4, -0.2) is 52.0 Å². The Bertz CT molecular complexity index is 1120. The van der Waals surface area contributed by atoms with Crippen LogP contribution in [0.25, 0.3) is 0 Å². The van der Waals surface area contributed by atoms with Crippen LogP contribution in [0.5, 0.6) is 0 Å². The molecular weight excluding hydrogens is 456 g/mol. The van der Waals surface area contributed by atoms with Gasteiger partial charge in [0.2, 0.25) is 11.5 Å². The summed E-state index contributed by atoms with van der Waals surface area (Å²) in [6.45, 7) is 7.65. The summed E-state index contributed by atoms with van der Waals surface area (Å²) in [6, 6.07) is 16.2. The minimum Gasteiger partial charge on any atom is -0.353 e. The molecule has 0 bridgehead atoms. The lowest BCUT2D eigenvalue weighted by Gasteiger charge is -2.39. The van der Waals surface area contributed by atoms with Gasteiger partial charge in [0.1, 0.15) is 0 Å². The normalized spacial score (nSPS) is 15.5. The molecule has 178 valence electrons. The predicted octanol–water partition coefficient (Wildman–Crippen LogP) is 5.22. The Balaban J connectivity index is 1.55. The first-order chi connectivity index (χ1) is 16.3. The summed E-state index contributed by atoms with van der Waals surface area (Å²) >= 11 is 6.12. The molecule has 1 unspecified atom stereocenters. The van der Waals surface area contributed by atoms with E-state index in [9.17, 15) is 14.9 Å². The van der Waals surface area contributed by atoms with Crippen LogP contribution in [0.1, 0.15) is 58.7 Å². The lowest BCUT2D eigenvalue weighted by atomic mass is 9.95. The summed E-state index contributed by atoms with van der Waals surface area (Å²) < 4.78 is 5.16. The number of carbonyl (C=O) groups excluding carboxylic acids is 1. The van der Waals surface area contributed by atoms with Crippen molar-refractivity contribution in [3.05, 3.63) is 91.8 Å². The van der Waals surface area contributed by atoms with Crippen LogP contribution in [0.4, 0.5) is 5.69 Å². The molecule has 2 aromatic carbocycles. The van der Waals surface area contributed by atoms with Crippen molar-refractivity contribution >= 4 is 23.2 Å². The Labute approximate surface area is 203 Å². The smallest absolute Gasteiger partial charge is 0.344 e. The Morgan fingerprint density at radius 2 is 1.59 bits per heavy atom. The van der Waals surface area contributed by atoms with Crippen molar-refractivity contribution in [2.45, 2.75) is 32.7 Å². The van der Waals surface area contributed by atoms with E-state index in [0.29, 0.717) is 31.2 Å². The molecule has 8 nitrogen and oxygen atoms in total. The molecule has 0 spiro atoms. The van der Waals surface area contributed by atoms with Crippen molar-refractivity contribution in [1.29, 1.82) is 0 Å². The number of piperazine rings is 1. The molecule has 3 aromatic rings. The molecule has 4 rings (SSSR count). The molecule has 0 radical (unpaired) electrons. The minimum absolute atomic E-state index is 0.00375. The fourth-order valence-corrected chi connectivity index (χ4v) is 4.46. The van der Waals surface area contributed by atoms with Crippen molar-refractivity contribution in [3.63, 3.8) is 0 Å². The van der Waals surface area contributed by atoms with Gasteiger partial charge in [-0.2, -0.15) is 0 Å². The summed E-state index contributed by atoms with van der Waals surface area (Å²) in [4.78, 5) is 28.1. The Hall–Kier alpha value is -3.23. The fraction of sp³-hybridized carbons (Fsp3) is 0.360. The molecule has 34 heavy (non-hydrogen) atoms. The summed E-state index contributed by atoms with van der Waals surface area (Å²) in [6.07, 6.45) is 0. The summed E-state index contributed by atoms with van der Waals surface area (Å²) in [7, 11) is 0. The molecule has 1 amide bonds. The molecule has 0 saturated carbocycles. The zero-order valence-corrected chi connectivity index (χ0v) is 20.2. The number of nitrogens with zero attached hydrogens (tertiary/aromatic N) is 4. The molecule has 1 aliphatic rings. The minimum atomic E-state index is -0.580. The second-order valence-corrected chi connectivity index (χ2v) is 9.29. The first-order valence-electron chi connectivity index (χ1n) is 11.3. The highest BCUT2D eigenvalue weighted by Gasteiger charge is 2.37. The maximum Gasteiger partial charge on any atom is 0.344 e. The molecule has 1 atom stereocenters. The molecule has 1 fully saturated rings. The number of carbonyl (C=O) groups is 1. The molecule has 1 saturated heterocycles.